The maximum atomic E-state index is 14.0. The summed E-state index contributed by atoms with van der Waals surface area (Å²) in [5.41, 5.74) is 5.99. The third kappa shape index (κ3) is 6.19. The van der Waals surface area contributed by atoms with Crippen LogP contribution in [-0.4, -0.2) is 30.8 Å². The third-order valence-electron chi connectivity index (χ3n) is 3.36. The largest absolute Gasteiger partial charge is 0.465 e. The number of ether oxygens (including phenoxy) is 2. The molecule has 1 aromatic carbocycles. The Kier molecular flexibility index (Phi) is 7.22. The maximum absolute atomic E-state index is 14.0. The summed E-state index contributed by atoms with van der Waals surface area (Å²) in [5, 5.41) is 2.71. The Morgan fingerprint density at radius 1 is 1.40 bits per heavy atom. The molecule has 0 bridgehead atoms. The van der Waals surface area contributed by atoms with Gasteiger partial charge in [-0.2, -0.15) is 0 Å². The SMILES string of the molecule is COC(=O)c1cc(F)c(Br)c(CCC(C)NC(=O)OC(C)(C)C)c1N. The average molecular weight is 419 g/mol. The van der Waals surface area contributed by atoms with Gasteiger partial charge in [0.2, 0.25) is 0 Å². The van der Waals surface area contributed by atoms with E-state index in [1.807, 2.05) is 0 Å². The standard InChI is InChI=1S/C17H24BrFN2O4/c1-9(21-16(23)25-17(2,3)4)6-7-10-13(18)12(19)8-11(14(10)20)15(22)24-5/h8-9H,6-7,20H2,1-5H3,(H,21,23). The molecule has 3 N–H and O–H groups in total. The summed E-state index contributed by atoms with van der Waals surface area (Å²) in [5.74, 6) is -1.30. The number of anilines is 1. The molecule has 0 aliphatic rings. The highest BCUT2D eigenvalue weighted by molar-refractivity contribution is 9.10. The molecule has 0 radical (unpaired) electrons. The quantitative estimate of drug-likeness (QED) is 0.560. The van der Waals surface area contributed by atoms with Gasteiger partial charge in [0.1, 0.15) is 11.4 Å². The molecule has 0 saturated heterocycles. The Hall–Kier alpha value is -1.83. The highest BCUT2D eigenvalue weighted by Gasteiger charge is 2.21. The maximum Gasteiger partial charge on any atom is 0.407 e. The van der Waals surface area contributed by atoms with Gasteiger partial charge >= 0.3 is 12.1 Å². The fourth-order valence-electron chi connectivity index (χ4n) is 2.16. The number of benzene rings is 1. The molecule has 0 aromatic heterocycles. The number of methoxy groups -OCH3 is 1. The van der Waals surface area contributed by atoms with E-state index in [-0.39, 0.29) is 21.8 Å². The number of amides is 1. The number of hydrogen-bond donors (Lipinski definition) is 2. The molecular weight excluding hydrogens is 395 g/mol. The van der Waals surface area contributed by atoms with Crippen molar-refractivity contribution in [1.29, 1.82) is 0 Å². The first-order valence-corrected chi connectivity index (χ1v) is 8.59. The topological polar surface area (TPSA) is 90.6 Å². The van der Waals surface area contributed by atoms with Crippen molar-refractivity contribution < 1.29 is 23.5 Å². The molecule has 1 rings (SSSR count). The van der Waals surface area contributed by atoms with Gasteiger partial charge in [-0.05, 0) is 68.1 Å². The number of carbonyl (C=O) groups is 2. The monoisotopic (exact) mass is 418 g/mol. The van der Waals surface area contributed by atoms with E-state index in [2.05, 4.69) is 26.0 Å². The molecule has 0 aliphatic heterocycles. The van der Waals surface area contributed by atoms with Crippen molar-refractivity contribution >= 4 is 33.7 Å². The van der Waals surface area contributed by atoms with Crippen molar-refractivity contribution in [3.05, 3.63) is 27.5 Å². The van der Waals surface area contributed by atoms with Crippen molar-refractivity contribution in [1.82, 2.24) is 5.32 Å². The van der Waals surface area contributed by atoms with Gasteiger partial charge in [0.25, 0.3) is 0 Å². The minimum atomic E-state index is -0.704. The summed E-state index contributed by atoms with van der Waals surface area (Å²) in [6.45, 7) is 7.12. The minimum Gasteiger partial charge on any atom is -0.465 e. The summed E-state index contributed by atoms with van der Waals surface area (Å²) in [6, 6.07) is 0.808. The first-order valence-electron chi connectivity index (χ1n) is 7.80. The summed E-state index contributed by atoms with van der Waals surface area (Å²) in [4.78, 5) is 23.5. The van der Waals surface area contributed by atoms with Crippen LogP contribution in [0.25, 0.3) is 0 Å². The number of alkyl carbamates (subject to hydrolysis) is 1. The van der Waals surface area contributed by atoms with Crippen LogP contribution in [0.5, 0.6) is 0 Å². The lowest BCUT2D eigenvalue weighted by Gasteiger charge is -2.22. The van der Waals surface area contributed by atoms with E-state index in [1.54, 1.807) is 27.7 Å². The summed E-state index contributed by atoms with van der Waals surface area (Å²) in [6.07, 6.45) is 0.304. The van der Waals surface area contributed by atoms with Crippen molar-refractivity contribution in [3.63, 3.8) is 0 Å². The zero-order valence-electron chi connectivity index (χ0n) is 15.0. The number of hydrogen-bond acceptors (Lipinski definition) is 5. The number of halogens is 2. The lowest BCUT2D eigenvalue weighted by molar-refractivity contribution is 0.0505. The molecule has 0 saturated carbocycles. The Morgan fingerprint density at radius 3 is 2.52 bits per heavy atom. The van der Waals surface area contributed by atoms with Crippen LogP contribution in [0, 0.1) is 5.82 Å². The van der Waals surface area contributed by atoms with E-state index in [0.717, 1.165) is 6.07 Å². The van der Waals surface area contributed by atoms with E-state index >= 15 is 0 Å². The van der Waals surface area contributed by atoms with Gasteiger partial charge in [-0.1, -0.05) is 0 Å². The van der Waals surface area contributed by atoms with E-state index in [1.165, 1.54) is 7.11 Å². The smallest absolute Gasteiger partial charge is 0.407 e. The second-order valence-corrected chi connectivity index (χ2v) is 7.48. The van der Waals surface area contributed by atoms with Crippen LogP contribution in [0.1, 0.15) is 50.0 Å². The molecule has 0 aliphatic carbocycles. The Morgan fingerprint density at radius 2 is 2.00 bits per heavy atom. The van der Waals surface area contributed by atoms with Crippen LogP contribution in [0.15, 0.2) is 10.5 Å². The lowest BCUT2D eigenvalue weighted by atomic mass is 10.0. The number of nitrogen functional groups attached to an aromatic ring is 1. The van der Waals surface area contributed by atoms with Gasteiger partial charge in [0.05, 0.1) is 22.8 Å². The Labute approximate surface area is 155 Å². The molecule has 0 fully saturated rings. The van der Waals surface area contributed by atoms with E-state index < -0.39 is 23.5 Å². The molecular formula is C17H24BrFN2O4. The Balaban J connectivity index is 2.84. The number of rotatable bonds is 5. The highest BCUT2D eigenvalue weighted by atomic mass is 79.9. The van der Waals surface area contributed by atoms with Gasteiger partial charge in [-0.25, -0.2) is 14.0 Å². The number of nitrogens with one attached hydrogen (secondary N) is 1. The van der Waals surface area contributed by atoms with Crippen molar-refractivity contribution in [2.24, 2.45) is 0 Å². The van der Waals surface area contributed by atoms with Gasteiger partial charge in [-0.15, -0.1) is 0 Å². The Bertz CT molecular complexity index is 659. The fourth-order valence-corrected chi connectivity index (χ4v) is 2.68. The predicted octanol–water partition coefficient (Wildman–Crippen LogP) is 3.80. The molecule has 6 nitrogen and oxygen atoms in total. The first kappa shape index (κ1) is 21.2. The van der Waals surface area contributed by atoms with Crippen LogP contribution < -0.4 is 11.1 Å². The van der Waals surface area contributed by atoms with Crippen molar-refractivity contribution in [2.45, 2.75) is 52.2 Å². The molecule has 25 heavy (non-hydrogen) atoms. The molecule has 1 atom stereocenters. The predicted molar refractivity (Wildman–Crippen MR) is 97.0 cm³/mol. The van der Waals surface area contributed by atoms with E-state index in [4.69, 9.17) is 10.5 Å². The second-order valence-electron chi connectivity index (χ2n) is 6.69. The summed E-state index contributed by atoms with van der Waals surface area (Å²) < 4.78 is 24.0. The number of esters is 1. The van der Waals surface area contributed by atoms with Crippen molar-refractivity contribution in [2.75, 3.05) is 12.8 Å². The summed E-state index contributed by atoms with van der Waals surface area (Å²) in [7, 11) is 1.20. The zero-order valence-corrected chi connectivity index (χ0v) is 16.6. The van der Waals surface area contributed by atoms with Crippen LogP contribution in [0.2, 0.25) is 0 Å². The third-order valence-corrected chi connectivity index (χ3v) is 4.21. The lowest BCUT2D eigenvalue weighted by Crippen LogP contribution is -2.37. The van der Waals surface area contributed by atoms with Gasteiger partial charge in [-0.3, -0.25) is 0 Å². The van der Waals surface area contributed by atoms with Crippen LogP contribution in [-0.2, 0) is 15.9 Å². The fraction of sp³-hybridized carbons (Fsp3) is 0.529. The molecule has 1 unspecified atom stereocenters. The van der Waals surface area contributed by atoms with Gasteiger partial charge < -0.3 is 20.5 Å². The molecule has 140 valence electrons. The number of carbonyl (C=O) groups excluding carboxylic acids is 2. The van der Waals surface area contributed by atoms with E-state index in [9.17, 15) is 14.0 Å². The van der Waals surface area contributed by atoms with Crippen molar-refractivity contribution in [3.8, 4) is 0 Å². The zero-order chi connectivity index (χ0) is 19.4. The second kappa shape index (κ2) is 8.51. The van der Waals surface area contributed by atoms with Crippen LogP contribution in [0.3, 0.4) is 0 Å². The van der Waals surface area contributed by atoms with Gasteiger partial charge in [0.15, 0.2) is 0 Å². The van der Waals surface area contributed by atoms with E-state index in [0.29, 0.717) is 18.4 Å². The highest BCUT2D eigenvalue weighted by Crippen LogP contribution is 2.31. The van der Waals surface area contributed by atoms with Crippen LogP contribution in [0.4, 0.5) is 14.9 Å². The molecule has 1 amide bonds. The van der Waals surface area contributed by atoms with Gasteiger partial charge in [0, 0.05) is 6.04 Å². The summed E-state index contributed by atoms with van der Waals surface area (Å²) >= 11 is 3.16. The normalized spacial score (nSPS) is 12.4. The average Bonchev–Trinajstić information content (AvgIpc) is 2.48. The molecule has 0 spiro atoms. The van der Waals surface area contributed by atoms with Crippen LogP contribution >= 0.6 is 15.9 Å². The first-order chi connectivity index (χ1) is 11.5. The minimum absolute atomic E-state index is 0.0223. The molecule has 0 heterocycles. The molecule has 8 heteroatoms. The number of nitrogens with two attached hydrogens (primary N) is 1. The molecule has 1 aromatic rings.